The molecule has 136 valence electrons. The molecule has 4 heterocycles. The molecule has 1 aliphatic heterocycles. The number of pyridine rings is 1. The van der Waals surface area contributed by atoms with Crippen molar-refractivity contribution < 1.29 is 0 Å². The minimum absolute atomic E-state index is 0.463. The lowest BCUT2D eigenvalue weighted by Gasteiger charge is -2.30. The molecule has 5 heteroatoms. The van der Waals surface area contributed by atoms with Gasteiger partial charge in [0, 0.05) is 29.1 Å². The molecule has 0 spiro atoms. The molecular weight excluding hydrogens is 352 g/mol. The van der Waals surface area contributed by atoms with Crippen LogP contribution in [0.3, 0.4) is 0 Å². The van der Waals surface area contributed by atoms with Gasteiger partial charge in [-0.25, -0.2) is 9.50 Å². The van der Waals surface area contributed by atoms with E-state index in [9.17, 15) is 0 Å². The fraction of sp³-hybridized carbons (Fsp3) is 0.273. The van der Waals surface area contributed by atoms with Crippen molar-refractivity contribution in [3.05, 3.63) is 76.9 Å². The molecule has 0 bridgehead atoms. The van der Waals surface area contributed by atoms with Crippen molar-refractivity contribution in [1.82, 2.24) is 19.5 Å². The fourth-order valence-electron chi connectivity index (χ4n) is 3.85. The predicted molar refractivity (Wildman–Crippen MR) is 110 cm³/mol. The molecule has 5 rings (SSSR count). The molecule has 0 atom stereocenters. The number of thiophene rings is 1. The largest absolute Gasteiger partial charge is 0.298 e. The van der Waals surface area contributed by atoms with Crippen LogP contribution in [0.15, 0.2) is 66.2 Å². The smallest absolute Gasteiger partial charge is 0.155 e. The molecule has 27 heavy (non-hydrogen) atoms. The average Bonchev–Trinajstić information content (AvgIpc) is 3.38. The highest BCUT2D eigenvalue weighted by Gasteiger charge is 2.24. The van der Waals surface area contributed by atoms with Gasteiger partial charge >= 0.3 is 0 Å². The van der Waals surface area contributed by atoms with E-state index in [1.54, 1.807) is 0 Å². The van der Waals surface area contributed by atoms with Crippen LogP contribution < -0.4 is 0 Å². The highest BCUT2D eigenvalue weighted by molar-refractivity contribution is 7.09. The van der Waals surface area contributed by atoms with Gasteiger partial charge in [0.2, 0.25) is 0 Å². The SMILES string of the molecule is c1ccc(-c2ccc3nc(C4CCN(Cc5cccs5)CC4)nn3c2)cc1. The zero-order valence-electron chi connectivity index (χ0n) is 15.2. The van der Waals surface area contributed by atoms with Gasteiger partial charge < -0.3 is 0 Å². The number of piperidine rings is 1. The number of rotatable bonds is 4. The third kappa shape index (κ3) is 3.53. The molecule has 0 amide bonds. The second kappa shape index (κ2) is 7.25. The Kier molecular flexibility index (Phi) is 4.47. The summed E-state index contributed by atoms with van der Waals surface area (Å²) in [4.78, 5) is 8.81. The molecule has 0 unspecified atom stereocenters. The Morgan fingerprint density at radius 1 is 0.926 bits per heavy atom. The first kappa shape index (κ1) is 16.7. The maximum Gasteiger partial charge on any atom is 0.155 e. The van der Waals surface area contributed by atoms with E-state index in [1.165, 1.54) is 16.0 Å². The normalized spacial score (nSPS) is 16.1. The Balaban J connectivity index is 1.31. The summed E-state index contributed by atoms with van der Waals surface area (Å²) in [5, 5.41) is 6.97. The first-order valence-electron chi connectivity index (χ1n) is 9.52. The number of hydrogen-bond acceptors (Lipinski definition) is 4. The van der Waals surface area contributed by atoms with Crippen LogP contribution in [0, 0.1) is 0 Å². The monoisotopic (exact) mass is 374 g/mol. The average molecular weight is 375 g/mol. The zero-order chi connectivity index (χ0) is 18.1. The Morgan fingerprint density at radius 2 is 1.78 bits per heavy atom. The second-order valence-electron chi connectivity index (χ2n) is 7.19. The van der Waals surface area contributed by atoms with Crippen LogP contribution >= 0.6 is 11.3 Å². The van der Waals surface area contributed by atoms with E-state index in [4.69, 9.17) is 10.1 Å². The molecule has 1 fully saturated rings. The topological polar surface area (TPSA) is 33.4 Å². The van der Waals surface area contributed by atoms with Crippen LogP contribution in [0.4, 0.5) is 0 Å². The van der Waals surface area contributed by atoms with E-state index in [0.29, 0.717) is 5.92 Å². The van der Waals surface area contributed by atoms with Crippen LogP contribution in [0.25, 0.3) is 16.8 Å². The number of likely N-dealkylation sites (tertiary alicyclic amines) is 1. The van der Waals surface area contributed by atoms with E-state index in [-0.39, 0.29) is 0 Å². The first-order chi connectivity index (χ1) is 13.3. The van der Waals surface area contributed by atoms with Crippen LogP contribution in [0.5, 0.6) is 0 Å². The Bertz CT molecular complexity index is 1020. The maximum absolute atomic E-state index is 4.81. The van der Waals surface area contributed by atoms with E-state index in [0.717, 1.165) is 43.9 Å². The van der Waals surface area contributed by atoms with Crippen molar-refractivity contribution in [2.45, 2.75) is 25.3 Å². The van der Waals surface area contributed by atoms with Crippen molar-refractivity contribution in [2.75, 3.05) is 13.1 Å². The van der Waals surface area contributed by atoms with Crippen molar-refractivity contribution in [2.24, 2.45) is 0 Å². The van der Waals surface area contributed by atoms with Crippen LogP contribution in [0.1, 0.15) is 29.5 Å². The fourth-order valence-corrected chi connectivity index (χ4v) is 4.59. The lowest BCUT2D eigenvalue weighted by Crippen LogP contribution is -2.32. The first-order valence-corrected chi connectivity index (χ1v) is 10.4. The molecule has 1 aliphatic rings. The number of aromatic nitrogens is 3. The third-order valence-electron chi connectivity index (χ3n) is 5.37. The van der Waals surface area contributed by atoms with Crippen molar-refractivity contribution in [3.8, 4) is 11.1 Å². The number of fused-ring (bicyclic) bond motifs is 1. The molecule has 0 aliphatic carbocycles. The Hall–Kier alpha value is -2.50. The summed E-state index contributed by atoms with van der Waals surface area (Å²) in [7, 11) is 0. The summed E-state index contributed by atoms with van der Waals surface area (Å²) in [6, 6.07) is 19.0. The maximum atomic E-state index is 4.81. The van der Waals surface area contributed by atoms with Gasteiger partial charge in [0.1, 0.15) is 0 Å². The molecule has 4 aromatic rings. The summed E-state index contributed by atoms with van der Waals surface area (Å²) in [5.41, 5.74) is 3.31. The minimum atomic E-state index is 0.463. The van der Waals surface area contributed by atoms with Gasteiger partial charge in [-0.1, -0.05) is 36.4 Å². The second-order valence-corrected chi connectivity index (χ2v) is 8.22. The third-order valence-corrected chi connectivity index (χ3v) is 6.23. The van der Waals surface area contributed by atoms with Crippen molar-refractivity contribution >= 4 is 17.0 Å². The van der Waals surface area contributed by atoms with Gasteiger partial charge in [-0.3, -0.25) is 4.90 Å². The van der Waals surface area contributed by atoms with Gasteiger partial charge in [-0.2, -0.15) is 5.10 Å². The summed E-state index contributed by atoms with van der Waals surface area (Å²) in [5.74, 6) is 1.46. The molecule has 0 saturated carbocycles. The Morgan fingerprint density at radius 3 is 2.56 bits per heavy atom. The summed E-state index contributed by atoms with van der Waals surface area (Å²) in [6.45, 7) is 3.31. The molecular formula is C22H22N4S. The Labute approximate surface area is 163 Å². The van der Waals surface area contributed by atoms with E-state index in [2.05, 4.69) is 65.0 Å². The zero-order valence-corrected chi connectivity index (χ0v) is 16.0. The van der Waals surface area contributed by atoms with Crippen LogP contribution in [-0.4, -0.2) is 32.6 Å². The lowest BCUT2D eigenvalue weighted by atomic mass is 9.96. The highest BCUT2D eigenvalue weighted by Crippen LogP contribution is 2.28. The van der Waals surface area contributed by atoms with E-state index < -0.39 is 0 Å². The predicted octanol–water partition coefficient (Wildman–Crippen LogP) is 4.84. The summed E-state index contributed by atoms with van der Waals surface area (Å²) >= 11 is 1.85. The highest BCUT2D eigenvalue weighted by atomic mass is 32.1. The molecule has 0 radical (unpaired) electrons. The minimum Gasteiger partial charge on any atom is -0.298 e. The van der Waals surface area contributed by atoms with Gasteiger partial charge in [0.05, 0.1) is 0 Å². The van der Waals surface area contributed by atoms with Gasteiger partial charge in [0.25, 0.3) is 0 Å². The number of benzene rings is 1. The molecule has 4 nitrogen and oxygen atoms in total. The van der Waals surface area contributed by atoms with Gasteiger partial charge in [0.15, 0.2) is 11.5 Å². The molecule has 1 aromatic carbocycles. The quantitative estimate of drug-likeness (QED) is 0.513. The van der Waals surface area contributed by atoms with Gasteiger partial charge in [-0.05, 0) is 55.1 Å². The van der Waals surface area contributed by atoms with Crippen LogP contribution in [0.2, 0.25) is 0 Å². The lowest BCUT2D eigenvalue weighted by molar-refractivity contribution is 0.203. The molecule has 3 aromatic heterocycles. The number of hydrogen-bond donors (Lipinski definition) is 0. The summed E-state index contributed by atoms with van der Waals surface area (Å²) in [6.07, 6.45) is 4.36. The van der Waals surface area contributed by atoms with Crippen LogP contribution in [-0.2, 0) is 6.54 Å². The van der Waals surface area contributed by atoms with Crippen molar-refractivity contribution in [1.29, 1.82) is 0 Å². The van der Waals surface area contributed by atoms with Gasteiger partial charge in [-0.15, -0.1) is 11.3 Å². The summed E-state index contributed by atoms with van der Waals surface area (Å²) < 4.78 is 1.94. The van der Waals surface area contributed by atoms with E-state index >= 15 is 0 Å². The van der Waals surface area contributed by atoms with Crippen molar-refractivity contribution in [3.63, 3.8) is 0 Å². The van der Waals surface area contributed by atoms with E-state index in [1.807, 2.05) is 21.9 Å². The molecule has 1 saturated heterocycles. The number of nitrogens with zero attached hydrogens (tertiary/aromatic N) is 4. The molecule has 0 N–H and O–H groups in total. The standard InChI is InChI=1S/C22H22N4S/c1-2-5-17(6-3-1)19-8-9-21-23-22(24-26(21)15-19)18-10-12-25(13-11-18)16-20-7-4-14-27-20/h1-9,14-15,18H,10-13,16H2.